The Morgan fingerprint density at radius 2 is 1.66 bits per heavy atom. The van der Waals surface area contributed by atoms with Crippen molar-refractivity contribution < 1.29 is 47.7 Å². The van der Waals surface area contributed by atoms with Gasteiger partial charge in [0.05, 0.1) is 19.2 Å². The van der Waals surface area contributed by atoms with Gasteiger partial charge >= 0.3 is 23.9 Å². The van der Waals surface area contributed by atoms with Gasteiger partial charge in [0, 0.05) is 34.2 Å². The molecule has 0 aromatic heterocycles. The molecular weight excluding hydrogens is 486 g/mol. The zero-order chi connectivity index (χ0) is 26.7. The third kappa shape index (κ3) is 9.76. The fourth-order valence-electron chi connectivity index (χ4n) is 3.27. The van der Waals surface area contributed by atoms with Gasteiger partial charge in [-0.05, 0) is 25.2 Å². The minimum absolute atomic E-state index is 0.203. The molecule has 1 rings (SSSR count). The predicted molar refractivity (Wildman–Crippen MR) is 124 cm³/mol. The number of carbonyl (C=O) groups excluding carboxylic acids is 5. The molecule has 35 heavy (non-hydrogen) atoms. The molecule has 0 spiro atoms. The molecule has 1 aliphatic rings. The maximum Gasteiger partial charge on any atom is 0.373 e. The van der Waals surface area contributed by atoms with Crippen molar-refractivity contribution in [3.63, 3.8) is 0 Å². The maximum atomic E-state index is 12.4. The van der Waals surface area contributed by atoms with Gasteiger partial charge in [-0.25, -0.2) is 4.79 Å². The first kappa shape index (κ1) is 29.6. The number of esters is 4. The number of methoxy groups -OCH3 is 1. The Morgan fingerprint density at radius 1 is 1.03 bits per heavy atom. The van der Waals surface area contributed by atoms with E-state index in [1.807, 2.05) is 6.92 Å². The second-order valence-corrected chi connectivity index (χ2v) is 7.79. The van der Waals surface area contributed by atoms with Crippen molar-refractivity contribution in [1.82, 2.24) is 16.0 Å². The van der Waals surface area contributed by atoms with Crippen LogP contribution < -0.4 is 16.0 Å². The van der Waals surface area contributed by atoms with E-state index in [1.54, 1.807) is 0 Å². The van der Waals surface area contributed by atoms with E-state index in [4.69, 9.17) is 35.9 Å². The summed E-state index contributed by atoms with van der Waals surface area (Å²) in [5.41, 5.74) is 0. The van der Waals surface area contributed by atoms with E-state index < -0.39 is 66.8 Å². The Labute approximate surface area is 208 Å². The minimum Gasteiger partial charge on any atom is -0.477 e. The van der Waals surface area contributed by atoms with Crippen LogP contribution in [0.15, 0.2) is 11.8 Å². The van der Waals surface area contributed by atoms with E-state index in [-0.39, 0.29) is 10.9 Å². The van der Waals surface area contributed by atoms with Crippen molar-refractivity contribution in [1.29, 1.82) is 0 Å². The summed E-state index contributed by atoms with van der Waals surface area (Å²) in [7, 11) is 1.14. The summed E-state index contributed by atoms with van der Waals surface area (Å²) in [6.07, 6.45) is -2.74. The fraction of sp³-hybridized carbons (Fsp3) is 0.619. The summed E-state index contributed by atoms with van der Waals surface area (Å²) in [6, 6.07) is -1.86. The van der Waals surface area contributed by atoms with Crippen molar-refractivity contribution in [2.45, 2.75) is 65.0 Å². The molecule has 0 radical (unpaired) electrons. The van der Waals surface area contributed by atoms with Crippen LogP contribution in [0, 0.1) is 0 Å². The highest BCUT2D eigenvalue weighted by molar-refractivity contribution is 7.80. The maximum absolute atomic E-state index is 12.4. The second-order valence-electron chi connectivity index (χ2n) is 7.39. The van der Waals surface area contributed by atoms with Crippen LogP contribution in [0.2, 0.25) is 0 Å². The summed E-state index contributed by atoms with van der Waals surface area (Å²) in [5.74, 6) is -3.85. The lowest BCUT2D eigenvalue weighted by atomic mass is 9.91. The second kappa shape index (κ2) is 14.1. The molecule has 1 amide bonds. The zero-order valence-electron chi connectivity index (χ0n) is 20.4. The highest BCUT2D eigenvalue weighted by Gasteiger charge is 2.48. The quantitative estimate of drug-likeness (QED) is 0.188. The van der Waals surface area contributed by atoms with Crippen LogP contribution in [0.5, 0.6) is 0 Å². The molecule has 0 aromatic rings. The number of nitrogens with one attached hydrogen (secondary N) is 3. The van der Waals surface area contributed by atoms with Gasteiger partial charge in [-0.15, -0.1) is 0 Å². The highest BCUT2D eigenvalue weighted by atomic mass is 32.1. The summed E-state index contributed by atoms with van der Waals surface area (Å²) in [4.78, 5) is 59.7. The van der Waals surface area contributed by atoms with Crippen molar-refractivity contribution in [2.24, 2.45) is 0 Å². The number of ether oxygens (including phenoxy) is 5. The first-order valence-corrected chi connectivity index (χ1v) is 11.1. The Kier molecular flexibility index (Phi) is 11.9. The van der Waals surface area contributed by atoms with Gasteiger partial charge in [0.15, 0.2) is 23.4 Å². The molecule has 14 heteroatoms. The minimum atomic E-state index is -1.43. The number of carbonyl (C=O) groups is 5. The highest BCUT2D eigenvalue weighted by Crippen LogP contribution is 2.27. The van der Waals surface area contributed by atoms with Crippen molar-refractivity contribution >= 4 is 47.1 Å². The standard InChI is InChI=1S/C21H31N3O10S/c1-7-22-21(35)24-14-8-15(20(29)30-6)34-19(17(14)23-10(2)25)18(33-13(5)28)16(32-12(4)27)9-31-11(3)26/h8,14,16-19H,7,9H2,1-6H3,(H,23,25)(H2,22,24,35)/t14-,16+,17+,18+,19+/m0/s1. The molecule has 0 unspecified atom stereocenters. The molecule has 1 aliphatic heterocycles. The van der Waals surface area contributed by atoms with Crippen molar-refractivity contribution in [2.75, 3.05) is 20.3 Å². The molecule has 13 nitrogen and oxygen atoms in total. The van der Waals surface area contributed by atoms with E-state index in [0.29, 0.717) is 6.54 Å². The Hall–Kier alpha value is -3.42. The van der Waals surface area contributed by atoms with Crippen LogP contribution in [-0.4, -0.2) is 85.6 Å². The Morgan fingerprint density at radius 3 is 2.14 bits per heavy atom. The molecule has 0 bridgehead atoms. The van der Waals surface area contributed by atoms with Gasteiger partial charge < -0.3 is 39.6 Å². The van der Waals surface area contributed by atoms with Gasteiger partial charge in [-0.1, -0.05) is 0 Å². The molecule has 0 fully saturated rings. The van der Waals surface area contributed by atoms with Gasteiger partial charge in [0.1, 0.15) is 6.61 Å². The summed E-state index contributed by atoms with van der Waals surface area (Å²) < 4.78 is 26.3. The topological polar surface area (TPSA) is 168 Å². The molecule has 196 valence electrons. The van der Waals surface area contributed by atoms with Crippen LogP contribution in [0.1, 0.15) is 34.6 Å². The predicted octanol–water partition coefficient (Wildman–Crippen LogP) is -0.774. The third-order valence-corrected chi connectivity index (χ3v) is 4.75. The molecule has 0 aromatic carbocycles. The Bertz CT molecular complexity index is 862. The lowest BCUT2D eigenvalue weighted by Crippen LogP contribution is -2.65. The molecule has 0 saturated carbocycles. The smallest absolute Gasteiger partial charge is 0.373 e. The molecule has 5 atom stereocenters. The largest absolute Gasteiger partial charge is 0.477 e. The molecule has 1 heterocycles. The molecule has 3 N–H and O–H groups in total. The van der Waals surface area contributed by atoms with E-state index in [0.717, 1.165) is 27.9 Å². The molecule has 0 saturated heterocycles. The van der Waals surface area contributed by atoms with E-state index in [2.05, 4.69) is 16.0 Å². The monoisotopic (exact) mass is 517 g/mol. The molecule has 0 aliphatic carbocycles. The van der Waals surface area contributed by atoms with Crippen LogP contribution >= 0.6 is 12.2 Å². The van der Waals surface area contributed by atoms with E-state index >= 15 is 0 Å². The summed E-state index contributed by atoms with van der Waals surface area (Å²) in [5, 5.41) is 8.74. The van der Waals surface area contributed by atoms with Gasteiger partial charge in [0.25, 0.3) is 0 Å². The average Bonchev–Trinajstić information content (AvgIpc) is 2.75. The first-order valence-electron chi connectivity index (χ1n) is 10.7. The molecular formula is C21H31N3O10S. The normalized spacial score (nSPS) is 20.5. The van der Waals surface area contributed by atoms with Gasteiger partial charge in [0.2, 0.25) is 11.7 Å². The van der Waals surface area contributed by atoms with Crippen LogP contribution in [0.25, 0.3) is 0 Å². The Balaban J connectivity index is 3.60. The average molecular weight is 518 g/mol. The van der Waals surface area contributed by atoms with Crippen molar-refractivity contribution in [3.8, 4) is 0 Å². The SMILES string of the molecule is CCNC(=S)N[C@H]1C=C(C(=O)OC)O[C@@H]([C@H](OC(C)=O)[C@@H](COC(C)=O)OC(C)=O)[C@@H]1NC(C)=O. The lowest BCUT2D eigenvalue weighted by Gasteiger charge is -2.42. The number of hydrogen-bond acceptors (Lipinski definition) is 11. The van der Waals surface area contributed by atoms with E-state index in [1.165, 1.54) is 13.0 Å². The summed E-state index contributed by atoms with van der Waals surface area (Å²) in [6.45, 7) is 6.42. The summed E-state index contributed by atoms with van der Waals surface area (Å²) >= 11 is 5.25. The van der Waals surface area contributed by atoms with Gasteiger partial charge in [-0.3, -0.25) is 19.2 Å². The van der Waals surface area contributed by atoms with Crippen molar-refractivity contribution in [3.05, 3.63) is 11.8 Å². The lowest BCUT2D eigenvalue weighted by molar-refractivity contribution is -0.188. The van der Waals surface area contributed by atoms with Crippen LogP contribution in [0.4, 0.5) is 0 Å². The number of thiocarbonyl (C=S) groups is 1. The number of rotatable bonds is 10. The number of hydrogen-bond donors (Lipinski definition) is 3. The number of amides is 1. The third-order valence-electron chi connectivity index (χ3n) is 4.49. The zero-order valence-corrected chi connectivity index (χ0v) is 21.2. The van der Waals surface area contributed by atoms with Crippen LogP contribution in [0.3, 0.4) is 0 Å². The van der Waals surface area contributed by atoms with Crippen LogP contribution in [-0.2, 0) is 47.7 Å². The van der Waals surface area contributed by atoms with E-state index in [9.17, 15) is 24.0 Å². The van der Waals surface area contributed by atoms with Gasteiger partial charge in [-0.2, -0.15) is 0 Å². The first-order chi connectivity index (χ1) is 16.4. The fourth-order valence-corrected chi connectivity index (χ4v) is 3.55.